The predicted molar refractivity (Wildman–Crippen MR) is 96.5 cm³/mol. The van der Waals surface area contributed by atoms with Crippen molar-refractivity contribution in [3.63, 3.8) is 0 Å². The Balaban J connectivity index is 1.69. The summed E-state index contributed by atoms with van der Waals surface area (Å²) < 4.78 is 21.7. The van der Waals surface area contributed by atoms with E-state index in [1.54, 1.807) is 24.3 Å². The van der Waals surface area contributed by atoms with Gasteiger partial charge in [-0.25, -0.2) is 0 Å². The molecule has 7 heteroatoms. The molecule has 7 nitrogen and oxygen atoms in total. The first kappa shape index (κ1) is 17.4. The number of ether oxygens (including phenoxy) is 4. The summed E-state index contributed by atoms with van der Waals surface area (Å²) in [4.78, 5) is 13.0. The number of nitrogens with zero attached hydrogens (tertiary/aromatic N) is 1. The van der Waals surface area contributed by atoms with Crippen LogP contribution in [-0.2, 0) is 13.0 Å². The molecule has 2 aromatic rings. The molecule has 4 rings (SSSR count). The molecule has 1 N–H and O–H groups in total. The Labute approximate surface area is 156 Å². The fourth-order valence-corrected chi connectivity index (χ4v) is 3.27. The van der Waals surface area contributed by atoms with E-state index in [0.717, 1.165) is 16.2 Å². The third-order valence-corrected chi connectivity index (χ3v) is 4.54. The predicted octanol–water partition coefficient (Wildman–Crippen LogP) is 3.03. The maximum absolute atomic E-state index is 13.0. The highest BCUT2D eigenvalue weighted by molar-refractivity contribution is 6.01. The smallest absolute Gasteiger partial charge is 0.231 e. The zero-order valence-electron chi connectivity index (χ0n) is 14.9. The van der Waals surface area contributed by atoms with E-state index in [9.17, 15) is 10.0 Å². The molecule has 0 radical (unpaired) electrons. The second kappa shape index (κ2) is 6.94. The van der Waals surface area contributed by atoms with Crippen LogP contribution < -0.4 is 18.9 Å². The van der Waals surface area contributed by atoms with Gasteiger partial charge in [-0.05, 0) is 29.3 Å². The maximum atomic E-state index is 13.0. The second-order valence-electron chi connectivity index (χ2n) is 6.35. The third kappa shape index (κ3) is 3.22. The van der Waals surface area contributed by atoms with Gasteiger partial charge in [-0.1, -0.05) is 18.7 Å². The number of rotatable bonds is 6. The van der Waals surface area contributed by atoms with Crippen molar-refractivity contribution >= 4 is 11.9 Å². The standard InChI is InChI=1S/C20H19NO6/c1-3-12-7-18-19(26-10-25-18)8-14(12)16(22)6-13-4-5-17-20(27-11-24-17)15(13)9-21(2)23/h3-5,7-8,23H,1,6,9-11H2,2H3. The summed E-state index contributed by atoms with van der Waals surface area (Å²) in [5, 5.41) is 10.8. The van der Waals surface area contributed by atoms with Gasteiger partial charge in [-0.15, -0.1) is 0 Å². The highest BCUT2D eigenvalue weighted by Crippen LogP contribution is 2.39. The summed E-state index contributed by atoms with van der Waals surface area (Å²) in [7, 11) is 1.54. The average Bonchev–Trinajstić information content (AvgIpc) is 3.30. The lowest BCUT2D eigenvalue weighted by Crippen LogP contribution is -2.15. The van der Waals surface area contributed by atoms with E-state index in [0.29, 0.717) is 34.1 Å². The van der Waals surface area contributed by atoms with Crippen LogP contribution in [0.4, 0.5) is 0 Å². The number of carbonyl (C=O) groups excluding carboxylic acids is 1. The first-order valence-corrected chi connectivity index (χ1v) is 8.46. The van der Waals surface area contributed by atoms with Crippen molar-refractivity contribution in [3.05, 3.63) is 53.1 Å². The molecule has 0 aromatic heterocycles. The Morgan fingerprint density at radius 3 is 2.59 bits per heavy atom. The molecule has 0 atom stereocenters. The number of hydrogen-bond donors (Lipinski definition) is 1. The van der Waals surface area contributed by atoms with Crippen LogP contribution in [0.2, 0.25) is 0 Å². The number of fused-ring (bicyclic) bond motifs is 2. The summed E-state index contributed by atoms with van der Waals surface area (Å²) in [5.74, 6) is 2.23. The number of benzene rings is 2. The largest absolute Gasteiger partial charge is 0.454 e. The van der Waals surface area contributed by atoms with E-state index in [1.165, 1.54) is 7.05 Å². The normalized spacial score (nSPS) is 13.9. The molecule has 140 valence electrons. The monoisotopic (exact) mass is 369 g/mol. The molecule has 0 unspecified atom stereocenters. The van der Waals surface area contributed by atoms with Gasteiger partial charge in [-0.3, -0.25) is 4.79 Å². The van der Waals surface area contributed by atoms with E-state index >= 15 is 0 Å². The molecular weight excluding hydrogens is 350 g/mol. The molecule has 0 amide bonds. The average molecular weight is 369 g/mol. The van der Waals surface area contributed by atoms with E-state index in [-0.39, 0.29) is 32.3 Å². The second-order valence-corrected chi connectivity index (χ2v) is 6.35. The van der Waals surface area contributed by atoms with Crippen molar-refractivity contribution in [2.75, 3.05) is 20.6 Å². The van der Waals surface area contributed by atoms with Gasteiger partial charge in [0, 0.05) is 24.6 Å². The third-order valence-electron chi connectivity index (χ3n) is 4.54. The van der Waals surface area contributed by atoms with Crippen molar-refractivity contribution in [2.24, 2.45) is 0 Å². The fraction of sp³-hybridized carbons (Fsp3) is 0.250. The highest BCUT2D eigenvalue weighted by Gasteiger charge is 2.25. The Morgan fingerprint density at radius 1 is 1.15 bits per heavy atom. The van der Waals surface area contributed by atoms with Gasteiger partial charge in [0.25, 0.3) is 0 Å². The lowest BCUT2D eigenvalue weighted by Gasteiger charge is -2.15. The summed E-state index contributed by atoms with van der Waals surface area (Å²) in [5.41, 5.74) is 2.68. The van der Waals surface area contributed by atoms with Gasteiger partial charge in [-0.2, -0.15) is 5.06 Å². The van der Waals surface area contributed by atoms with E-state index in [4.69, 9.17) is 18.9 Å². The summed E-state index contributed by atoms with van der Waals surface area (Å²) >= 11 is 0. The Kier molecular flexibility index (Phi) is 4.47. The number of hydroxylamine groups is 2. The molecular formula is C20H19NO6. The molecule has 2 heterocycles. The quantitative estimate of drug-likeness (QED) is 0.619. The van der Waals surface area contributed by atoms with Crippen LogP contribution in [0.25, 0.3) is 6.08 Å². The van der Waals surface area contributed by atoms with Crippen LogP contribution in [-0.4, -0.2) is 36.7 Å². The number of carbonyl (C=O) groups is 1. The van der Waals surface area contributed by atoms with Gasteiger partial charge in [0.15, 0.2) is 28.8 Å². The fourth-order valence-electron chi connectivity index (χ4n) is 3.27. The molecule has 2 aliphatic heterocycles. The lowest BCUT2D eigenvalue weighted by atomic mass is 9.94. The number of ketones is 1. The summed E-state index contributed by atoms with van der Waals surface area (Å²) in [6.07, 6.45) is 1.76. The number of Topliss-reactive ketones (excluding diaryl/α,β-unsaturated/α-hetero) is 1. The van der Waals surface area contributed by atoms with Gasteiger partial charge in [0.2, 0.25) is 13.6 Å². The van der Waals surface area contributed by atoms with Crippen LogP contribution in [0.15, 0.2) is 30.8 Å². The van der Waals surface area contributed by atoms with Gasteiger partial charge in [0.05, 0.1) is 6.54 Å². The van der Waals surface area contributed by atoms with Crippen molar-refractivity contribution in [1.29, 1.82) is 0 Å². The first-order chi connectivity index (χ1) is 13.1. The first-order valence-electron chi connectivity index (χ1n) is 8.46. The Morgan fingerprint density at radius 2 is 1.85 bits per heavy atom. The van der Waals surface area contributed by atoms with Crippen LogP contribution >= 0.6 is 0 Å². The lowest BCUT2D eigenvalue weighted by molar-refractivity contribution is -0.0737. The van der Waals surface area contributed by atoms with Gasteiger partial charge < -0.3 is 24.2 Å². The molecule has 27 heavy (non-hydrogen) atoms. The van der Waals surface area contributed by atoms with E-state index < -0.39 is 0 Å². The molecule has 0 bridgehead atoms. The minimum absolute atomic E-state index is 0.0936. The van der Waals surface area contributed by atoms with Crippen molar-refractivity contribution in [3.8, 4) is 23.0 Å². The maximum Gasteiger partial charge on any atom is 0.231 e. The SMILES string of the molecule is C=Cc1cc2c(cc1C(=O)Cc1ccc3c(c1CN(C)O)OCO3)OCO2. The molecule has 0 saturated heterocycles. The van der Waals surface area contributed by atoms with Crippen molar-refractivity contribution < 1.29 is 28.9 Å². The topological polar surface area (TPSA) is 77.5 Å². The molecule has 0 fully saturated rings. The van der Waals surface area contributed by atoms with Crippen LogP contribution in [0.1, 0.15) is 27.0 Å². The number of hydrogen-bond acceptors (Lipinski definition) is 7. The molecule has 0 saturated carbocycles. The van der Waals surface area contributed by atoms with E-state index in [1.807, 2.05) is 6.07 Å². The molecule has 2 aliphatic rings. The van der Waals surface area contributed by atoms with Gasteiger partial charge in [0.1, 0.15) is 0 Å². The van der Waals surface area contributed by atoms with Crippen LogP contribution in [0.5, 0.6) is 23.0 Å². The van der Waals surface area contributed by atoms with E-state index in [2.05, 4.69) is 6.58 Å². The van der Waals surface area contributed by atoms with Crippen LogP contribution in [0.3, 0.4) is 0 Å². The van der Waals surface area contributed by atoms with Gasteiger partial charge >= 0.3 is 0 Å². The molecule has 0 spiro atoms. The Bertz CT molecular complexity index is 921. The zero-order valence-corrected chi connectivity index (χ0v) is 14.9. The molecule has 0 aliphatic carbocycles. The zero-order chi connectivity index (χ0) is 19.0. The minimum Gasteiger partial charge on any atom is -0.454 e. The Hall–Kier alpha value is -3.03. The minimum atomic E-state index is -0.0936. The van der Waals surface area contributed by atoms with Crippen LogP contribution in [0, 0.1) is 0 Å². The van der Waals surface area contributed by atoms with Crippen molar-refractivity contribution in [2.45, 2.75) is 13.0 Å². The molecule has 2 aromatic carbocycles. The summed E-state index contributed by atoms with van der Waals surface area (Å²) in [6, 6.07) is 7.04. The van der Waals surface area contributed by atoms with Crippen molar-refractivity contribution in [1.82, 2.24) is 5.06 Å². The highest BCUT2D eigenvalue weighted by atomic mass is 16.7. The summed E-state index contributed by atoms with van der Waals surface area (Å²) in [6.45, 7) is 4.26.